The van der Waals surface area contributed by atoms with Crippen LogP contribution in [-0.2, 0) is 0 Å². The number of ether oxygens (including phenoxy) is 1. The van der Waals surface area contributed by atoms with Gasteiger partial charge in [0.05, 0.1) is 6.61 Å². The van der Waals surface area contributed by atoms with E-state index in [1.54, 1.807) is 0 Å². The van der Waals surface area contributed by atoms with Gasteiger partial charge in [0.2, 0.25) is 0 Å². The van der Waals surface area contributed by atoms with E-state index >= 15 is 0 Å². The molecule has 4 heteroatoms. The molecule has 3 nitrogen and oxygen atoms in total. The molecule has 1 aromatic rings. The summed E-state index contributed by atoms with van der Waals surface area (Å²) in [6, 6.07) is 9.17. The van der Waals surface area contributed by atoms with E-state index in [1.165, 1.54) is 17.7 Å². The van der Waals surface area contributed by atoms with E-state index in [2.05, 4.69) is 44.2 Å². The smallest absolute Gasteiger partial charge is 0.119 e. The Hall–Kier alpha value is -0.710. The van der Waals surface area contributed by atoms with E-state index in [0.717, 1.165) is 18.8 Å². The third-order valence-corrected chi connectivity index (χ3v) is 4.53. The molecule has 2 unspecified atom stereocenters. The average Bonchev–Trinajstić information content (AvgIpc) is 2.52. The molecule has 0 aliphatic carbocycles. The van der Waals surface area contributed by atoms with Crippen LogP contribution in [0.5, 0.6) is 5.75 Å². The van der Waals surface area contributed by atoms with E-state index in [1.807, 2.05) is 23.9 Å². The van der Waals surface area contributed by atoms with E-state index < -0.39 is 0 Å². The van der Waals surface area contributed by atoms with Crippen molar-refractivity contribution < 1.29 is 4.74 Å². The molecule has 0 amide bonds. The minimum atomic E-state index is 0.266. The van der Waals surface area contributed by atoms with E-state index in [0.29, 0.717) is 12.6 Å². The molecule has 0 aliphatic rings. The first-order valence-corrected chi connectivity index (χ1v) is 9.17. The van der Waals surface area contributed by atoms with Gasteiger partial charge in [0, 0.05) is 18.6 Å². The maximum atomic E-state index is 6.01. The molecule has 2 atom stereocenters. The van der Waals surface area contributed by atoms with Crippen LogP contribution in [0.1, 0.15) is 38.3 Å². The van der Waals surface area contributed by atoms with Crippen LogP contribution in [0.25, 0.3) is 0 Å². The van der Waals surface area contributed by atoms with Gasteiger partial charge >= 0.3 is 0 Å². The van der Waals surface area contributed by atoms with Crippen LogP contribution < -0.4 is 10.5 Å². The Morgan fingerprint density at radius 3 is 2.48 bits per heavy atom. The molecule has 0 spiro atoms. The highest BCUT2D eigenvalue weighted by Crippen LogP contribution is 2.24. The van der Waals surface area contributed by atoms with E-state index in [4.69, 9.17) is 10.5 Å². The number of hydrogen-bond donors (Lipinski definition) is 1. The molecule has 0 aromatic heterocycles. The van der Waals surface area contributed by atoms with Gasteiger partial charge in [-0.25, -0.2) is 0 Å². The predicted octanol–water partition coefficient (Wildman–Crippen LogP) is 3.55. The quantitative estimate of drug-likeness (QED) is 0.717. The lowest BCUT2D eigenvalue weighted by Gasteiger charge is -2.33. The zero-order valence-electron chi connectivity index (χ0n) is 13.8. The fraction of sp³-hybridized carbons (Fsp3) is 0.647. The molecular weight excluding hydrogens is 280 g/mol. The van der Waals surface area contributed by atoms with Crippen LogP contribution in [0, 0.1) is 0 Å². The number of likely N-dealkylation sites (N-methyl/N-ethyl adjacent to an activating group) is 1. The molecule has 0 aliphatic heterocycles. The molecule has 2 N–H and O–H groups in total. The third kappa shape index (κ3) is 5.89. The lowest BCUT2D eigenvalue weighted by molar-refractivity contribution is 0.185. The van der Waals surface area contributed by atoms with Crippen molar-refractivity contribution in [2.75, 3.05) is 32.2 Å². The summed E-state index contributed by atoms with van der Waals surface area (Å²) < 4.78 is 5.64. The highest BCUT2D eigenvalue weighted by molar-refractivity contribution is 7.98. The summed E-state index contributed by atoms with van der Waals surface area (Å²) in [6.45, 7) is 5.79. The summed E-state index contributed by atoms with van der Waals surface area (Å²) in [5.74, 6) is 2.13. The van der Waals surface area contributed by atoms with Crippen LogP contribution in [0.15, 0.2) is 24.3 Å². The van der Waals surface area contributed by atoms with Crippen LogP contribution in [0.3, 0.4) is 0 Å². The van der Waals surface area contributed by atoms with Gasteiger partial charge in [-0.05, 0) is 56.5 Å². The fourth-order valence-electron chi connectivity index (χ4n) is 2.34. The van der Waals surface area contributed by atoms with Gasteiger partial charge in [0.25, 0.3) is 0 Å². The van der Waals surface area contributed by atoms with Gasteiger partial charge in [-0.2, -0.15) is 11.8 Å². The molecule has 1 rings (SSSR count). The normalized spacial score (nSPS) is 14.2. The first kappa shape index (κ1) is 18.3. The number of nitrogens with zero attached hydrogens (tertiary/aromatic N) is 1. The lowest BCUT2D eigenvalue weighted by Crippen LogP contribution is -2.37. The van der Waals surface area contributed by atoms with Crippen LogP contribution in [-0.4, -0.2) is 43.1 Å². The van der Waals surface area contributed by atoms with Crippen molar-refractivity contribution in [3.05, 3.63) is 29.8 Å². The molecule has 0 heterocycles. The first-order chi connectivity index (χ1) is 10.1. The third-order valence-electron chi connectivity index (χ3n) is 3.89. The Kier molecular flexibility index (Phi) is 8.81. The Bertz CT molecular complexity index is 383. The van der Waals surface area contributed by atoms with Gasteiger partial charge in [0.1, 0.15) is 5.75 Å². The zero-order valence-corrected chi connectivity index (χ0v) is 14.7. The second-order valence-corrected chi connectivity index (χ2v) is 6.45. The fourth-order valence-corrected chi connectivity index (χ4v) is 2.92. The van der Waals surface area contributed by atoms with Crippen molar-refractivity contribution in [2.24, 2.45) is 5.73 Å². The molecular formula is C17H30N2OS. The topological polar surface area (TPSA) is 38.5 Å². The number of hydrogen-bond acceptors (Lipinski definition) is 4. The summed E-state index contributed by atoms with van der Waals surface area (Å²) in [6.07, 6.45) is 4.37. The maximum absolute atomic E-state index is 6.01. The van der Waals surface area contributed by atoms with Gasteiger partial charge in [-0.1, -0.05) is 19.1 Å². The van der Waals surface area contributed by atoms with Crippen LogP contribution >= 0.6 is 11.8 Å². The summed E-state index contributed by atoms with van der Waals surface area (Å²) in [7, 11) is 2.17. The molecule has 0 fully saturated rings. The largest absolute Gasteiger partial charge is 0.494 e. The van der Waals surface area contributed by atoms with Crippen molar-refractivity contribution in [3.63, 3.8) is 0 Å². The summed E-state index contributed by atoms with van der Waals surface area (Å²) >= 11 is 1.90. The Balaban J connectivity index is 2.70. The summed E-state index contributed by atoms with van der Waals surface area (Å²) in [5, 5.41) is 0. The van der Waals surface area contributed by atoms with Crippen LogP contribution in [0.4, 0.5) is 0 Å². The van der Waals surface area contributed by atoms with E-state index in [-0.39, 0.29) is 6.04 Å². The van der Waals surface area contributed by atoms with Crippen molar-refractivity contribution in [2.45, 2.75) is 38.8 Å². The summed E-state index contributed by atoms with van der Waals surface area (Å²) in [4.78, 5) is 2.39. The van der Waals surface area contributed by atoms with E-state index in [9.17, 15) is 0 Å². The van der Waals surface area contributed by atoms with Gasteiger partial charge in [0.15, 0.2) is 0 Å². The number of rotatable bonds is 10. The standard InChI is InChI=1S/C17H30N2OS/c1-5-11-20-16-8-6-15(7-9-16)17(13-18)19(3)14(2)10-12-21-4/h6-9,14,17H,5,10-13,18H2,1-4H3. The van der Waals surface area contributed by atoms with Crippen LogP contribution in [0.2, 0.25) is 0 Å². The molecule has 21 heavy (non-hydrogen) atoms. The predicted molar refractivity (Wildman–Crippen MR) is 94.2 cm³/mol. The van der Waals surface area contributed by atoms with Crippen molar-refractivity contribution in [1.29, 1.82) is 0 Å². The van der Waals surface area contributed by atoms with Gasteiger partial charge < -0.3 is 10.5 Å². The second-order valence-electron chi connectivity index (χ2n) is 5.46. The maximum Gasteiger partial charge on any atom is 0.119 e. The van der Waals surface area contributed by atoms with Crippen molar-refractivity contribution >= 4 is 11.8 Å². The Labute approximate surface area is 134 Å². The highest BCUT2D eigenvalue weighted by Gasteiger charge is 2.20. The van der Waals surface area contributed by atoms with Gasteiger partial charge in [-0.15, -0.1) is 0 Å². The molecule has 0 saturated carbocycles. The van der Waals surface area contributed by atoms with Crippen molar-refractivity contribution in [3.8, 4) is 5.75 Å². The lowest BCUT2D eigenvalue weighted by atomic mass is 10.0. The second kappa shape index (κ2) is 10.1. The SMILES string of the molecule is CCCOc1ccc(C(CN)N(C)C(C)CCSC)cc1. The minimum absolute atomic E-state index is 0.266. The minimum Gasteiger partial charge on any atom is -0.494 e. The zero-order chi connectivity index (χ0) is 15.7. The Morgan fingerprint density at radius 1 is 1.29 bits per heavy atom. The number of nitrogens with two attached hydrogens (primary N) is 1. The molecule has 0 saturated heterocycles. The molecule has 0 bridgehead atoms. The first-order valence-electron chi connectivity index (χ1n) is 7.77. The molecule has 0 radical (unpaired) electrons. The number of benzene rings is 1. The Morgan fingerprint density at radius 2 is 1.95 bits per heavy atom. The average molecular weight is 311 g/mol. The molecule has 120 valence electrons. The monoisotopic (exact) mass is 310 g/mol. The molecule has 1 aromatic carbocycles. The summed E-state index contributed by atoms with van der Waals surface area (Å²) in [5.41, 5.74) is 7.28. The van der Waals surface area contributed by atoms with Crippen molar-refractivity contribution in [1.82, 2.24) is 4.90 Å². The highest BCUT2D eigenvalue weighted by atomic mass is 32.2. The van der Waals surface area contributed by atoms with Gasteiger partial charge in [-0.3, -0.25) is 4.90 Å². The number of thioether (sulfide) groups is 1.